The van der Waals surface area contributed by atoms with Gasteiger partial charge in [0.15, 0.2) is 0 Å². The fraction of sp³-hybridized carbons (Fsp3) is 1.00. The van der Waals surface area contributed by atoms with Crippen LogP contribution in [0.2, 0.25) is 13.1 Å². The van der Waals surface area contributed by atoms with Crippen molar-refractivity contribution < 1.29 is 4.39 Å². The molecule has 43 valence electrons. The van der Waals surface area contributed by atoms with Gasteiger partial charge in [0.05, 0.1) is 14.6 Å². The van der Waals surface area contributed by atoms with Crippen molar-refractivity contribution in [3.8, 4) is 0 Å². The van der Waals surface area contributed by atoms with Gasteiger partial charge in [0.2, 0.25) is 0 Å². The van der Waals surface area contributed by atoms with Crippen LogP contribution in [0.3, 0.4) is 0 Å². The highest BCUT2D eigenvalue weighted by molar-refractivity contribution is 6.57. The van der Waals surface area contributed by atoms with E-state index >= 15 is 0 Å². The second-order valence-corrected chi connectivity index (χ2v) is 4.73. The largest absolute Gasteiger partial charge is 0.252 e. The number of hydrogen-bond acceptors (Lipinski definition) is 0. The van der Waals surface area contributed by atoms with Crippen molar-refractivity contribution in [1.29, 1.82) is 0 Å². The quantitative estimate of drug-likeness (QED) is 0.488. The van der Waals surface area contributed by atoms with E-state index in [0.717, 1.165) is 0 Å². The SMILES string of the molecule is CCC(F)[Si](C)C. The minimum Gasteiger partial charge on any atom is -0.252 e. The van der Waals surface area contributed by atoms with Crippen LogP contribution in [0, 0.1) is 0 Å². The van der Waals surface area contributed by atoms with Gasteiger partial charge in [-0.15, -0.1) is 0 Å². The summed E-state index contributed by atoms with van der Waals surface area (Å²) in [5, 5.41) is 0. The zero-order valence-corrected chi connectivity index (χ0v) is 6.16. The third kappa shape index (κ3) is 2.80. The van der Waals surface area contributed by atoms with E-state index in [1.807, 2.05) is 20.0 Å². The first kappa shape index (κ1) is 7.15. The van der Waals surface area contributed by atoms with E-state index in [-0.39, 0.29) is 0 Å². The first-order valence-electron chi connectivity index (χ1n) is 2.62. The Bertz CT molecular complexity index is 45.3. The van der Waals surface area contributed by atoms with Crippen LogP contribution in [-0.4, -0.2) is 14.6 Å². The number of halogens is 1. The Hall–Kier alpha value is 0.147. The zero-order valence-electron chi connectivity index (χ0n) is 5.16. The second kappa shape index (κ2) is 3.19. The lowest BCUT2D eigenvalue weighted by atomic mass is 10.5. The first-order valence-corrected chi connectivity index (χ1v) is 5.20. The average molecular weight is 119 g/mol. The predicted octanol–water partition coefficient (Wildman–Crippen LogP) is 2.03. The molecule has 0 rings (SSSR count). The van der Waals surface area contributed by atoms with E-state index in [1.54, 1.807) is 0 Å². The Balaban J connectivity index is 3.14. The highest BCUT2D eigenvalue weighted by atomic mass is 28.3. The molecule has 0 aromatic carbocycles. The summed E-state index contributed by atoms with van der Waals surface area (Å²) in [4.78, 5) is 0. The summed E-state index contributed by atoms with van der Waals surface area (Å²) in [6, 6.07) is 0. The maximum absolute atomic E-state index is 12.3. The molecule has 2 heteroatoms. The summed E-state index contributed by atoms with van der Waals surface area (Å²) in [6.45, 7) is 5.89. The molecular formula is C5H12FSi. The molecule has 0 saturated heterocycles. The first-order chi connectivity index (χ1) is 3.18. The van der Waals surface area contributed by atoms with Crippen molar-refractivity contribution >= 4 is 8.80 Å². The minimum absolute atomic E-state index is 0.495. The molecule has 0 aromatic heterocycles. The van der Waals surface area contributed by atoms with Crippen LogP contribution in [0.4, 0.5) is 4.39 Å². The molecule has 0 nitrogen and oxygen atoms in total. The van der Waals surface area contributed by atoms with Gasteiger partial charge in [-0.05, 0) is 6.42 Å². The summed E-state index contributed by atoms with van der Waals surface area (Å²) < 4.78 is 12.3. The molecule has 1 unspecified atom stereocenters. The Morgan fingerprint density at radius 2 is 2.00 bits per heavy atom. The van der Waals surface area contributed by atoms with Gasteiger partial charge in [0.25, 0.3) is 0 Å². The van der Waals surface area contributed by atoms with E-state index in [1.165, 1.54) is 0 Å². The van der Waals surface area contributed by atoms with Gasteiger partial charge in [-0.25, -0.2) is 0 Å². The van der Waals surface area contributed by atoms with Gasteiger partial charge in [-0.1, -0.05) is 20.0 Å². The molecule has 0 heterocycles. The van der Waals surface area contributed by atoms with Crippen LogP contribution < -0.4 is 0 Å². The van der Waals surface area contributed by atoms with Crippen LogP contribution in [-0.2, 0) is 0 Å². The molecule has 1 radical (unpaired) electrons. The van der Waals surface area contributed by atoms with Crippen LogP contribution in [0.25, 0.3) is 0 Å². The molecule has 0 aromatic rings. The zero-order chi connectivity index (χ0) is 5.86. The molecule has 0 fully saturated rings. The third-order valence-electron chi connectivity index (χ3n) is 0.985. The number of alkyl halides is 1. The molecule has 7 heavy (non-hydrogen) atoms. The Morgan fingerprint density at radius 1 is 1.57 bits per heavy atom. The van der Waals surface area contributed by atoms with E-state index in [0.29, 0.717) is 6.42 Å². The molecule has 0 saturated carbocycles. The summed E-state index contributed by atoms with van der Waals surface area (Å²) in [6.07, 6.45) is 0.696. The van der Waals surface area contributed by atoms with Crippen LogP contribution in [0.1, 0.15) is 13.3 Å². The Morgan fingerprint density at radius 3 is 2.00 bits per heavy atom. The standard InChI is InChI=1S/C5H12FSi/c1-4-5(6)7(2)3/h5H,4H2,1-3H3. The van der Waals surface area contributed by atoms with E-state index < -0.39 is 14.6 Å². The monoisotopic (exact) mass is 119 g/mol. The Labute approximate surface area is 46.3 Å². The van der Waals surface area contributed by atoms with E-state index in [2.05, 4.69) is 0 Å². The molecule has 0 aliphatic heterocycles. The lowest BCUT2D eigenvalue weighted by molar-refractivity contribution is 0.423. The summed E-state index contributed by atoms with van der Waals surface area (Å²) in [7, 11) is -0.630. The van der Waals surface area contributed by atoms with Crippen molar-refractivity contribution in [1.82, 2.24) is 0 Å². The lowest BCUT2D eigenvalue weighted by Crippen LogP contribution is -2.17. The van der Waals surface area contributed by atoms with Gasteiger partial charge < -0.3 is 0 Å². The lowest BCUT2D eigenvalue weighted by Gasteiger charge is -2.04. The van der Waals surface area contributed by atoms with Crippen molar-refractivity contribution in [3.05, 3.63) is 0 Å². The van der Waals surface area contributed by atoms with Gasteiger partial charge in [0, 0.05) is 0 Å². The van der Waals surface area contributed by atoms with Crippen LogP contribution >= 0.6 is 0 Å². The van der Waals surface area contributed by atoms with E-state index in [4.69, 9.17) is 0 Å². The molecule has 0 bridgehead atoms. The molecule has 1 atom stereocenters. The third-order valence-corrected chi connectivity index (χ3v) is 2.65. The smallest absolute Gasteiger partial charge is 0.0871 e. The van der Waals surface area contributed by atoms with Crippen molar-refractivity contribution in [2.75, 3.05) is 0 Å². The number of rotatable bonds is 2. The molecule has 0 spiro atoms. The average Bonchev–Trinajstić information content (AvgIpc) is 1.65. The van der Waals surface area contributed by atoms with Crippen LogP contribution in [0.15, 0.2) is 0 Å². The maximum atomic E-state index is 12.3. The van der Waals surface area contributed by atoms with Crippen molar-refractivity contribution in [2.45, 2.75) is 32.2 Å². The van der Waals surface area contributed by atoms with Crippen molar-refractivity contribution in [3.63, 3.8) is 0 Å². The fourth-order valence-electron chi connectivity index (χ4n) is 0.408. The van der Waals surface area contributed by atoms with Gasteiger partial charge >= 0.3 is 0 Å². The van der Waals surface area contributed by atoms with Gasteiger partial charge in [-0.3, -0.25) is 4.39 Å². The summed E-state index contributed by atoms with van der Waals surface area (Å²) >= 11 is 0. The highest BCUT2D eigenvalue weighted by Gasteiger charge is 2.08. The summed E-state index contributed by atoms with van der Waals surface area (Å²) in [5.41, 5.74) is 0. The maximum Gasteiger partial charge on any atom is 0.0871 e. The minimum atomic E-state index is -0.630. The van der Waals surface area contributed by atoms with Crippen LogP contribution in [0.5, 0.6) is 0 Å². The topological polar surface area (TPSA) is 0 Å². The summed E-state index contributed by atoms with van der Waals surface area (Å²) in [5.74, 6) is -0.495. The van der Waals surface area contributed by atoms with Crippen molar-refractivity contribution in [2.24, 2.45) is 0 Å². The fourth-order valence-corrected chi connectivity index (χ4v) is 1.22. The normalized spacial score (nSPS) is 15.0. The molecule has 0 N–H and O–H groups in total. The molecule has 0 aliphatic carbocycles. The van der Waals surface area contributed by atoms with E-state index in [9.17, 15) is 4.39 Å². The molecule has 0 aliphatic rings. The predicted molar refractivity (Wildman–Crippen MR) is 32.7 cm³/mol. The molecule has 0 amide bonds. The van der Waals surface area contributed by atoms with Gasteiger partial charge in [0.1, 0.15) is 0 Å². The molecular weight excluding hydrogens is 107 g/mol. The van der Waals surface area contributed by atoms with Gasteiger partial charge in [-0.2, -0.15) is 0 Å². The Kier molecular flexibility index (Phi) is 3.25. The highest BCUT2D eigenvalue weighted by Crippen LogP contribution is 2.00. The second-order valence-electron chi connectivity index (χ2n) is 1.95. The number of hydrogen-bond donors (Lipinski definition) is 0.